The maximum absolute atomic E-state index is 6.29. The summed E-state index contributed by atoms with van der Waals surface area (Å²) in [4.78, 5) is 0. The lowest BCUT2D eigenvalue weighted by Crippen LogP contribution is -2.36. The summed E-state index contributed by atoms with van der Waals surface area (Å²) in [5.74, 6) is 0. The van der Waals surface area contributed by atoms with E-state index in [4.69, 9.17) is 23.2 Å². The fourth-order valence-corrected chi connectivity index (χ4v) is 3.59. The van der Waals surface area contributed by atoms with Crippen LogP contribution < -0.4 is 5.32 Å². The molecular formula is C18H19Cl2N. The molecule has 0 amide bonds. The van der Waals surface area contributed by atoms with E-state index < -0.39 is 0 Å². The number of halogens is 2. The second-order valence-corrected chi connectivity index (χ2v) is 6.61. The van der Waals surface area contributed by atoms with Crippen LogP contribution in [-0.4, -0.2) is 6.04 Å². The van der Waals surface area contributed by atoms with Gasteiger partial charge in [-0.05, 0) is 61.1 Å². The summed E-state index contributed by atoms with van der Waals surface area (Å²) in [5, 5.41) is 5.21. The average Bonchev–Trinajstić information content (AvgIpc) is 2.49. The molecule has 1 nitrogen and oxygen atoms in total. The molecule has 0 radical (unpaired) electrons. The standard InChI is InChI=1S/C18H19Cl2N/c1-12(17-11-15(19)7-9-18(17)20)21-16-8-6-13-4-2-3-5-14(13)10-16/h2-5,7,9,11-12,16,21H,6,8,10H2,1H3. The number of aryl methyl sites for hydroxylation is 1. The largest absolute Gasteiger partial charge is 0.307 e. The van der Waals surface area contributed by atoms with E-state index in [1.807, 2.05) is 18.2 Å². The van der Waals surface area contributed by atoms with E-state index in [0.29, 0.717) is 6.04 Å². The molecule has 2 aromatic carbocycles. The first-order valence-corrected chi connectivity index (χ1v) is 8.17. The van der Waals surface area contributed by atoms with Gasteiger partial charge in [-0.25, -0.2) is 0 Å². The second kappa shape index (κ2) is 6.39. The second-order valence-electron chi connectivity index (χ2n) is 5.76. The Labute approximate surface area is 136 Å². The highest BCUT2D eigenvalue weighted by atomic mass is 35.5. The van der Waals surface area contributed by atoms with Crippen LogP contribution in [0, 0.1) is 0 Å². The fraction of sp³-hybridized carbons (Fsp3) is 0.333. The highest BCUT2D eigenvalue weighted by molar-refractivity contribution is 6.33. The van der Waals surface area contributed by atoms with Gasteiger partial charge < -0.3 is 5.32 Å². The minimum atomic E-state index is 0.200. The Morgan fingerprint density at radius 2 is 1.86 bits per heavy atom. The van der Waals surface area contributed by atoms with E-state index in [9.17, 15) is 0 Å². The van der Waals surface area contributed by atoms with Crippen LogP contribution in [0.2, 0.25) is 10.0 Å². The van der Waals surface area contributed by atoms with Gasteiger partial charge in [-0.1, -0.05) is 47.5 Å². The molecule has 0 aromatic heterocycles. The van der Waals surface area contributed by atoms with Gasteiger partial charge in [0.25, 0.3) is 0 Å². The van der Waals surface area contributed by atoms with Crippen molar-refractivity contribution in [2.45, 2.75) is 38.3 Å². The lowest BCUT2D eigenvalue weighted by atomic mass is 9.88. The van der Waals surface area contributed by atoms with E-state index in [1.54, 1.807) is 0 Å². The van der Waals surface area contributed by atoms with Crippen molar-refractivity contribution >= 4 is 23.2 Å². The van der Waals surface area contributed by atoms with Crippen LogP contribution >= 0.6 is 23.2 Å². The normalized spacial score (nSPS) is 19.1. The first-order valence-electron chi connectivity index (χ1n) is 7.41. The number of fused-ring (bicyclic) bond motifs is 1. The van der Waals surface area contributed by atoms with Gasteiger partial charge in [-0.15, -0.1) is 0 Å². The van der Waals surface area contributed by atoms with E-state index in [-0.39, 0.29) is 6.04 Å². The van der Waals surface area contributed by atoms with Gasteiger partial charge in [-0.3, -0.25) is 0 Å². The fourth-order valence-electron chi connectivity index (χ4n) is 3.13. The molecule has 0 saturated carbocycles. The van der Waals surface area contributed by atoms with Crippen LogP contribution in [0.1, 0.15) is 36.1 Å². The van der Waals surface area contributed by atoms with Crippen molar-refractivity contribution in [1.82, 2.24) is 5.32 Å². The summed E-state index contributed by atoms with van der Waals surface area (Å²) < 4.78 is 0. The Kier molecular flexibility index (Phi) is 4.54. The Morgan fingerprint density at radius 3 is 2.67 bits per heavy atom. The molecule has 0 saturated heterocycles. The summed E-state index contributed by atoms with van der Waals surface area (Å²) >= 11 is 12.4. The Morgan fingerprint density at radius 1 is 1.10 bits per heavy atom. The highest BCUT2D eigenvalue weighted by Crippen LogP contribution is 2.28. The highest BCUT2D eigenvalue weighted by Gasteiger charge is 2.21. The average molecular weight is 320 g/mol. The van der Waals surface area contributed by atoms with Crippen molar-refractivity contribution in [1.29, 1.82) is 0 Å². The number of hydrogen-bond donors (Lipinski definition) is 1. The molecule has 0 heterocycles. The van der Waals surface area contributed by atoms with Gasteiger partial charge in [0.05, 0.1) is 0 Å². The van der Waals surface area contributed by atoms with Gasteiger partial charge in [0.15, 0.2) is 0 Å². The number of nitrogens with one attached hydrogen (secondary N) is 1. The zero-order chi connectivity index (χ0) is 14.8. The molecular weight excluding hydrogens is 301 g/mol. The molecule has 0 aliphatic heterocycles. The van der Waals surface area contributed by atoms with E-state index >= 15 is 0 Å². The monoisotopic (exact) mass is 319 g/mol. The van der Waals surface area contributed by atoms with Crippen molar-refractivity contribution in [3.05, 3.63) is 69.2 Å². The topological polar surface area (TPSA) is 12.0 Å². The molecule has 3 heteroatoms. The lowest BCUT2D eigenvalue weighted by Gasteiger charge is -2.29. The molecule has 3 rings (SSSR count). The quantitative estimate of drug-likeness (QED) is 0.819. The van der Waals surface area contributed by atoms with Gasteiger partial charge in [0.1, 0.15) is 0 Å². The molecule has 0 spiro atoms. The van der Waals surface area contributed by atoms with Crippen molar-refractivity contribution < 1.29 is 0 Å². The van der Waals surface area contributed by atoms with Crippen molar-refractivity contribution in [3.8, 4) is 0 Å². The summed E-state index contributed by atoms with van der Waals surface area (Å²) in [6.07, 6.45) is 3.39. The van der Waals surface area contributed by atoms with Gasteiger partial charge in [0.2, 0.25) is 0 Å². The minimum Gasteiger partial charge on any atom is -0.307 e. The van der Waals surface area contributed by atoms with Crippen LogP contribution in [0.4, 0.5) is 0 Å². The molecule has 2 atom stereocenters. The minimum absolute atomic E-state index is 0.200. The third-order valence-corrected chi connectivity index (χ3v) is 4.84. The molecule has 0 bridgehead atoms. The van der Waals surface area contributed by atoms with Crippen molar-refractivity contribution in [2.24, 2.45) is 0 Å². The third-order valence-electron chi connectivity index (χ3n) is 4.26. The number of rotatable bonds is 3. The molecule has 1 aliphatic rings. The maximum atomic E-state index is 6.29. The van der Waals surface area contributed by atoms with Crippen LogP contribution in [0.15, 0.2) is 42.5 Å². The zero-order valence-electron chi connectivity index (χ0n) is 12.1. The summed E-state index contributed by atoms with van der Waals surface area (Å²) in [7, 11) is 0. The Balaban J connectivity index is 1.71. The molecule has 21 heavy (non-hydrogen) atoms. The Bertz CT molecular complexity index is 639. The van der Waals surface area contributed by atoms with Crippen LogP contribution in [0.3, 0.4) is 0 Å². The molecule has 2 aromatic rings. The van der Waals surface area contributed by atoms with Crippen molar-refractivity contribution in [3.63, 3.8) is 0 Å². The first kappa shape index (κ1) is 14.9. The zero-order valence-corrected chi connectivity index (χ0v) is 13.6. The van der Waals surface area contributed by atoms with Gasteiger partial charge in [0, 0.05) is 22.1 Å². The molecule has 1 N–H and O–H groups in total. The third kappa shape index (κ3) is 3.42. The van der Waals surface area contributed by atoms with E-state index in [0.717, 1.165) is 28.5 Å². The van der Waals surface area contributed by atoms with Gasteiger partial charge >= 0.3 is 0 Å². The van der Waals surface area contributed by atoms with Crippen LogP contribution in [-0.2, 0) is 12.8 Å². The lowest BCUT2D eigenvalue weighted by molar-refractivity contribution is 0.414. The van der Waals surface area contributed by atoms with Crippen LogP contribution in [0.5, 0.6) is 0 Å². The maximum Gasteiger partial charge on any atom is 0.0454 e. The number of hydrogen-bond acceptors (Lipinski definition) is 1. The molecule has 0 fully saturated rings. The van der Waals surface area contributed by atoms with E-state index in [2.05, 4.69) is 36.5 Å². The smallest absolute Gasteiger partial charge is 0.0454 e. The molecule has 1 aliphatic carbocycles. The molecule has 110 valence electrons. The summed E-state index contributed by atoms with van der Waals surface area (Å²) in [5.41, 5.74) is 4.03. The van der Waals surface area contributed by atoms with Crippen molar-refractivity contribution in [2.75, 3.05) is 0 Å². The van der Waals surface area contributed by atoms with Crippen LogP contribution in [0.25, 0.3) is 0 Å². The predicted octanol–water partition coefficient (Wildman–Crippen LogP) is 5.20. The SMILES string of the molecule is CC(NC1CCc2ccccc2C1)c1cc(Cl)ccc1Cl. The van der Waals surface area contributed by atoms with Gasteiger partial charge in [-0.2, -0.15) is 0 Å². The summed E-state index contributed by atoms with van der Waals surface area (Å²) in [6, 6.07) is 15.1. The summed E-state index contributed by atoms with van der Waals surface area (Å²) in [6.45, 7) is 2.15. The first-order chi connectivity index (χ1) is 10.1. The molecule has 2 unspecified atom stereocenters. The van der Waals surface area contributed by atoms with E-state index in [1.165, 1.54) is 17.5 Å². The number of benzene rings is 2. The Hall–Kier alpha value is -1.02. The predicted molar refractivity (Wildman–Crippen MR) is 90.3 cm³/mol.